The number of H-pyrrole nitrogens is 1. The van der Waals surface area contributed by atoms with E-state index in [9.17, 15) is 4.79 Å². The van der Waals surface area contributed by atoms with Crippen molar-refractivity contribution in [2.75, 3.05) is 13.1 Å². The number of rotatable bonds is 4. The van der Waals surface area contributed by atoms with Crippen molar-refractivity contribution in [2.45, 2.75) is 31.8 Å². The quantitative estimate of drug-likeness (QED) is 0.753. The van der Waals surface area contributed by atoms with E-state index >= 15 is 0 Å². The summed E-state index contributed by atoms with van der Waals surface area (Å²) in [6.45, 7) is 2.75. The minimum atomic E-state index is -0.145. The Kier molecular flexibility index (Phi) is 4.88. The number of nitrogens with one attached hydrogen (secondary N) is 2. The zero-order valence-corrected chi connectivity index (χ0v) is 14.6. The van der Waals surface area contributed by atoms with E-state index in [1.54, 1.807) is 6.20 Å². The second kappa shape index (κ2) is 7.61. The Labute approximate surface area is 151 Å². The van der Waals surface area contributed by atoms with Gasteiger partial charge in [0.15, 0.2) is 0 Å². The number of hydrogen-bond acceptors (Lipinski definition) is 5. The zero-order valence-electron chi connectivity index (χ0n) is 14.6. The average molecular weight is 350 g/mol. The van der Waals surface area contributed by atoms with E-state index in [1.165, 1.54) is 12.4 Å². The molecule has 0 saturated carbocycles. The lowest BCUT2D eigenvalue weighted by Crippen LogP contribution is -2.36. The van der Waals surface area contributed by atoms with E-state index in [4.69, 9.17) is 0 Å². The summed E-state index contributed by atoms with van der Waals surface area (Å²) in [6.07, 6.45) is 7.55. The van der Waals surface area contributed by atoms with Gasteiger partial charge in [-0.15, -0.1) is 0 Å². The molecule has 7 nitrogen and oxygen atoms in total. The van der Waals surface area contributed by atoms with Crippen LogP contribution in [-0.4, -0.2) is 49.9 Å². The van der Waals surface area contributed by atoms with Gasteiger partial charge in [-0.05, 0) is 37.9 Å². The number of carbonyl (C=O) groups excluding carboxylic acids is 1. The number of likely N-dealkylation sites (tertiary alicyclic amines) is 1. The Morgan fingerprint density at radius 3 is 3.00 bits per heavy atom. The summed E-state index contributed by atoms with van der Waals surface area (Å²) in [7, 11) is 0. The van der Waals surface area contributed by atoms with Crippen LogP contribution in [0.4, 0.5) is 0 Å². The van der Waals surface area contributed by atoms with E-state index < -0.39 is 0 Å². The second-order valence-corrected chi connectivity index (χ2v) is 6.67. The first-order valence-electron chi connectivity index (χ1n) is 9.01. The molecule has 0 spiro atoms. The third kappa shape index (κ3) is 3.88. The number of aromatic nitrogens is 4. The van der Waals surface area contributed by atoms with Gasteiger partial charge in [0, 0.05) is 25.0 Å². The smallest absolute Gasteiger partial charge is 0.271 e. The van der Waals surface area contributed by atoms with E-state index in [2.05, 4.69) is 30.2 Å². The molecule has 1 amide bonds. The maximum absolute atomic E-state index is 12.3. The van der Waals surface area contributed by atoms with Crippen LogP contribution in [0.25, 0.3) is 11.0 Å². The molecule has 2 aromatic heterocycles. The van der Waals surface area contributed by atoms with Crippen molar-refractivity contribution in [3.05, 3.63) is 54.4 Å². The molecule has 1 atom stereocenters. The van der Waals surface area contributed by atoms with Gasteiger partial charge in [0.05, 0.1) is 23.8 Å². The SMILES string of the molecule is O=C(NC1CCCN(Cc2nc3ccccc3[nH]2)CC1)c1cnccn1. The van der Waals surface area contributed by atoms with Crippen LogP contribution >= 0.6 is 0 Å². The summed E-state index contributed by atoms with van der Waals surface area (Å²) in [6, 6.07) is 8.26. The van der Waals surface area contributed by atoms with Gasteiger partial charge in [-0.2, -0.15) is 0 Å². The average Bonchev–Trinajstić information content (AvgIpc) is 2.95. The first kappa shape index (κ1) is 16.7. The fourth-order valence-electron chi connectivity index (χ4n) is 3.43. The number of nitrogens with zero attached hydrogens (tertiary/aromatic N) is 4. The summed E-state index contributed by atoms with van der Waals surface area (Å²) in [5.74, 6) is 0.849. The summed E-state index contributed by atoms with van der Waals surface area (Å²) in [5.41, 5.74) is 2.45. The lowest BCUT2D eigenvalue weighted by Gasteiger charge is -2.19. The van der Waals surface area contributed by atoms with Gasteiger partial charge in [0.2, 0.25) is 0 Å². The molecule has 1 fully saturated rings. The minimum Gasteiger partial charge on any atom is -0.348 e. The molecule has 1 saturated heterocycles. The van der Waals surface area contributed by atoms with Crippen molar-refractivity contribution < 1.29 is 4.79 Å². The molecule has 2 N–H and O–H groups in total. The standard InChI is InChI=1S/C19H22N6O/c26-19(17-12-20-8-9-21-17)22-14-4-3-10-25(11-7-14)13-18-23-15-5-1-2-6-16(15)24-18/h1-2,5-6,8-9,12,14H,3-4,7,10-11,13H2,(H,22,26)(H,23,24). The van der Waals surface area contributed by atoms with Crippen LogP contribution in [0, 0.1) is 0 Å². The molecular formula is C19H22N6O. The molecule has 4 rings (SSSR count). The van der Waals surface area contributed by atoms with Crippen molar-refractivity contribution in [1.82, 2.24) is 30.2 Å². The van der Waals surface area contributed by atoms with Gasteiger partial charge in [0.25, 0.3) is 5.91 Å². The lowest BCUT2D eigenvalue weighted by atomic mass is 10.1. The van der Waals surface area contributed by atoms with Crippen molar-refractivity contribution >= 4 is 16.9 Å². The van der Waals surface area contributed by atoms with E-state index in [0.717, 1.165) is 55.8 Å². The molecule has 0 aliphatic carbocycles. The van der Waals surface area contributed by atoms with Crippen LogP contribution in [0.2, 0.25) is 0 Å². The molecule has 134 valence electrons. The van der Waals surface area contributed by atoms with Gasteiger partial charge in [-0.25, -0.2) is 9.97 Å². The topological polar surface area (TPSA) is 86.8 Å². The molecule has 3 heterocycles. The number of imidazole rings is 1. The second-order valence-electron chi connectivity index (χ2n) is 6.67. The van der Waals surface area contributed by atoms with Crippen molar-refractivity contribution in [3.63, 3.8) is 0 Å². The molecule has 0 radical (unpaired) electrons. The van der Waals surface area contributed by atoms with Gasteiger partial charge in [-0.1, -0.05) is 12.1 Å². The van der Waals surface area contributed by atoms with Gasteiger partial charge in [-0.3, -0.25) is 14.7 Å². The number of benzene rings is 1. The molecule has 26 heavy (non-hydrogen) atoms. The number of carbonyl (C=O) groups is 1. The molecular weight excluding hydrogens is 328 g/mol. The van der Waals surface area contributed by atoms with Crippen LogP contribution < -0.4 is 5.32 Å². The van der Waals surface area contributed by atoms with Gasteiger partial charge < -0.3 is 10.3 Å². The van der Waals surface area contributed by atoms with E-state index in [0.29, 0.717) is 5.69 Å². The Hall–Kier alpha value is -2.80. The fraction of sp³-hybridized carbons (Fsp3) is 0.368. The van der Waals surface area contributed by atoms with Crippen molar-refractivity contribution in [2.24, 2.45) is 0 Å². The van der Waals surface area contributed by atoms with Gasteiger partial charge in [0.1, 0.15) is 11.5 Å². The third-order valence-electron chi connectivity index (χ3n) is 4.76. The minimum absolute atomic E-state index is 0.145. The fourth-order valence-corrected chi connectivity index (χ4v) is 3.43. The summed E-state index contributed by atoms with van der Waals surface area (Å²) in [5, 5.41) is 3.09. The predicted octanol–water partition coefficient (Wildman–Crippen LogP) is 2.14. The molecule has 3 aromatic rings. The Morgan fingerprint density at radius 1 is 1.23 bits per heavy atom. The highest BCUT2D eigenvalue weighted by Gasteiger charge is 2.20. The van der Waals surface area contributed by atoms with E-state index in [-0.39, 0.29) is 11.9 Å². The van der Waals surface area contributed by atoms with Crippen molar-refractivity contribution in [1.29, 1.82) is 0 Å². The Morgan fingerprint density at radius 2 is 2.15 bits per heavy atom. The van der Waals surface area contributed by atoms with Crippen LogP contribution in [0.1, 0.15) is 35.6 Å². The highest BCUT2D eigenvalue weighted by Crippen LogP contribution is 2.16. The highest BCUT2D eigenvalue weighted by atomic mass is 16.1. The first-order chi connectivity index (χ1) is 12.8. The molecule has 1 aliphatic rings. The molecule has 0 bridgehead atoms. The summed E-state index contributed by atoms with van der Waals surface area (Å²) in [4.78, 5) is 30.7. The Bertz CT molecular complexity index is 845. The number of hydrogen-bond donors (Lipinski definition) is 2. The summed E-state index contributed by atoms with van der Waals surface area (Å²) >= 11 is 0. The molecule has 7 heteroatoms. The van der Waals surface area contributed by atoms with E-state index in [1.807, 2.05) is 24.3 Å². The number of aromatic amines is 1. The van der Waals surface area contributed by atoms with Crippen LogP contribution in [-0.2, 0) is 6.54 Å². The highest BCUT2D eigenvalue weighted by molar-refractivity contribution is 5.92. The third-order valence-corrected chi connectivity index (χ3v) is 4.76. The first-order valence-corrected chi connectivity index (χ1v) is 9.01. The maximum atomic E-state index is 12.3. The molecule has 1 aliphatic heterocycles. The molecule has 1 unspecified atom stereocenters. The summed E-state index contributed by atoms with van der Waals surface area (Å²) < 4.78 is 0. The van der Waals surface area contributed by atoms with Gasteiger partial charge >= 0.3 is 0 Å². The van der Waals surface area contributed by atoms with Crippen molar-refractivity contribution in [3.8, 4) is 0 Å². The van der Waals surface area contributed by atoms with Crippen LogP contribution in [0.3, 0.4) is 0 Å². The lowest BCUT2D eigenvalue weighted by molar-refractivity contribution is 0.0927. The monoisotopic (exact) mass is 350 g/mol. The predicted molar refractivity (Wildman–Crippen MR) is 98.5 cm³/mol. The number of para-hydroxylation sites is 2. The number of fused-ring (bicyclic) bond motifs is 1. The maximum Gasteiger partial charge on any atom is 0.271 e. The normalized spacial score (nSPS) is 18.5. The van der Waals surface area contributed by atoms with Crippen LogP contribution in [0.15, 0.2) is 42.9 Å². The molecule has 1 aromatic carbocycles. The Balaban J connectivity index is 1.33. The van der Waals surface area contributed by atoms with Crippen LogP contribution in [0.5, 0.6) is 0 Å². The largest absolute Gasteiger partial charge is 0.348 e. The number of amides is 1. The zero-order chi connectivity index (χ0) is 17.8.